The topological polar surface area (TPSA) is 130 Å². The number of benzene rings is 1. The molecule has 9 nitrogen and oxygen atoms in total. The minimum atomic E-state index is -0.803. The number of H-pyrrole nitrogens is 1. The zero-order chi connectivity index (χ0) is 16.4. The molecule has 0 aliphatic rings. The number of nitro groups is 1. The second-order valence-corrected chi connectivity index (χ2v) is 4.57. The lowest BCUT2D eigenvalue weighted by Gasteiger charge is -2.03. The molecule has 0 spiro atoms. The van der Waals surface area contributed by atoms with Crippen LogP contribution in [0.5, 0.6) is 0 Å². The summed E-state index contributed by atoms with van der Waals surface area (Å²) in [6.45, 7) is 0. The van der Waals surface area contributed by atoms with Gasteiger partial charge in [0.15, 0.2) is 0 Å². The average molecular weight is 314 g/mol. The van der Waals surface area contributed by atoms with E-state index in [0.717, 1.165) is 23.0 Å². The summed E-state index contributed by atoms with van der Waals surface area (Å²) in [4.78, 5) is 36.3. The van der Waals surface area contributed by atoms with Crippen molar-refractivity contribution in [1.82, 2.24) is 15.8 Å². The van der Waals surface area contributed by atoms with Crippen LogP contribution in [0.3, 0.4) is 0 Å². The SMILES string of the molecule is O=C(NNC(=O)c1ccc([N+](=O)[O-])o1)c1cc2ccccc2[nH]1. The number of carbonyl (C=O) groups is 2. The molecule has 0 radical (unpaired) electrons. The number of rotatable bonds is 3. The van der Waals surface area contributed by atoms with Gasteiger partial charge in [-0.2, -0.15) is 0 Å². The van der Waals surface area contributed by atoms with Crippen LogP contribution in [0.2, 0.25) is 0 Å². The van der Waals surface area contributed by atoms with Crippen LogP contribution in [-0.2, 0) is 0 Å². The highest BCUT2D eigenvalue weighted by atomic mass is 16.6. The van der Waals surface area contributed by atoms with E-state index in [1.807, 2.05) is 24.3 Å². The van der Waals surface area contributed by atoms with Gasteiger partial charge < -0.3 is 9.40 Å². The second kappa shape index (κ2) is 5.64. The van der Waals surface area contributed by atoms with Gasteiger partial charge in [-0.05, 0) is 18.2 Å². The molecule has 3 rings (SSSR count). The maximum absolute atomic E-state index is 12.0. The summed E-state index contributed by atoms with van der Waals surface area (Å²) in [7, 11) is 0. The maximum Gasteiger partial charge on any atom is 0.433 e. The first-order chi connectivity index (χ1) is 11.0. The van der Waals surface area contributed by atoms with Crippen molar-refractivity contribution in [3.8, 4) is 0 Å². The molecule has 3 N–H and O–H groups in total. The Bertz CT molecular complexity index is 878. The van der Waals surface area contributed by atoms with Crippen molar-refractivity contribution in [2.45, 2.75) is 0 Å². The molecule has 0 saturated heterocycles. The molecule has 0 fully saturated rings. The third-order valence-electron chi connectivity index (χ3n) is 3.06. The molecule has 116 valence electrons. The van der Waals surface area contributed by atoms with Crippen molar-refractivity contribution in [3.63, 3.8) is 0 Å². The summed E-state index contributed by atoms with van der Waals surface area (Å²) in [5, 5.41) is 11.3. The largest absolute Gasteiger partial charge is 0.433 e. The van der Waals surface area contributed by atoms with Gasteiger partial charge >= 0.3 is 11.8 Å². The van der Waals surface area contributed by atoms with Gasteiger partial charge in [-0.15, -0.1) is 0 Å². The van der Waals surface area contributed by atoms with Crippen LogP contribution in [0.15, 0.2) is 46.9 Å². The van der Waals surface area contributed by atoms with Crippen LogP contribution >= 0.6 is 0 Å². The molecule has 0 saturated carbocycles. The molecule has 0 aliphatic carbocycles. The van der Waals surface area contributed by atoms with Crippen LogP contribution in [0.4, 0.5) is 5.88 Å². The number of nitrogens with zero attached hydrogens (tertiary/aromatic N) is 1. The first kappa shape index (κ1) is 14.3. The standard InChI is InChI=1S/C14H10N4O5/c19-13(10-7-8-3-1-2-4-9(8)15-10)16-17-14(20)11-5-6-12(23-11)18(21)22/h1-7,15H,(H,16,19)(H,17,20). The highest BCUT2D eigenvalue weighted by molar-refractivity contribution is 6.00. The predicted molar refractivity (Wildman–Crippen MR) is 78.6 cm³/mol. The van der Waals surface area contributed by atoms with Crippen molar-refractivity contribution in [3.05, 3.63) is 64.0 Å². The third kappa shape index (κ3) is 2.88. The molecular weight excluding hydrogens is 304 g/mol. The lowest BCUT2D eigenvalue weighted by Crippen LogP contribution is -2.41. The number of aromatic nitrogens is 1. The van der Waals surface area contributed by atoms with Crippen LogP contribution in [0.25, 0.3) is 10.9 Å². The van der Waals surface area contributed by atoms with E-state index in [4.69, 9.17) is 4.42 Å². The van der Waals surface area contributed by atoms with E-state index < -0.39 is 22.6 Å². The van der Waals surface area contributed by atoms with Gasteiger partial charge in [-0.25, -0.2) is 0 Å². The Morgan fingerprint density at radius 1 is 1.09 bits per heavy atom. The number of amides is 2. The van der Waals surface area contributed by atoms with E-state index in [2.05, 4.69) is 15.8 Å². The zero-order valence-corrected chi connectivity index (χ0v) is 11.5. The van der Waals surface area contributed by atoms with Crippen LogP contribution in [0, 0.1) is 10.1 Å². The zero-order valence-electron chi connectivity index (χ0n) is 11.5. The van der Waals surface area contributed by atoms with Crippen LogP contribution in [-0.4, -0.2) is 21.7 Å². The van der Waals surface area contributed by atoms with Crippen molar-refractivity contribution >= 4 is 28.6 Å². The third-order valence-corrected chi connectivity index (χ3v) is 3.06. The fraction of sp³-hybridized carbons (Fsp3) is 0. The van der Waals surface area contributed by atoms with Gasteiger partial charge in [0, 0.05) is 10.9 Å². The van der Waals surface area contributed by atoms with E-state index in [0.29, 0.717) is 0 Å². The highest BCUT2D eigenvalue weighted by Gasteiger charge is 2.18. The van der Waals surface area contributed by atoms with Gasteiger partial charge in [-0.1, -0.05) is 18.2 Å². The first-order valence-corrected chi connectivity index (χ1v) is 6.47. The van der Waals surface area contributed by atoms with Gasteiger partial charge in [0.05, 0.1) is 6.07 Å². The Kier molecular flexibility index (Phi) is 3.51. The van der Waals surface area contributed by atoms with Crippen molar-refractivity contribution in [1.29, 1.82) is 0 Å². The van der Waals surface area contributed by atoms with E-state index in [9.17, 15) is 19.7 Å². The van der Waals surface area contributed by atoms with Gasteiger partial charge in [0.2, 0.25) is 5.76 Å². The number of nitrogens with one attached hydrogen (secondary N) is 3. The van der Waals surface area contributed by atoms with Gasteiger partial charge in [-0.3, -0.25) is 30.6 Å². The Balaban J connectivity index is 1.65. The van der Waals surface area contributed by atoms with Gasteiger partial charge in [0.1, 0.15) is 10.6 Å². The molecule has 23 heavy (non-hydrogen) atoms. The van der Waals surface area contributed by atoms with E-state index in [-0.39, 0.29) is 11.5 Å². The minimum absolute atomic E-state index is 0.261. The highest BCUT2D eigenvalue weighted by Crippen LogP contribution is 2.16. The normalized spacial score (nSPS) is 10.4. The first-order valence-electron chi connectivity index (χ1n) is 6.47. The van der Waals surface area contributed by atoms with E-state index in [1.54, 1.807) is 6.07 Å². The number of carbonyl (C=O) groups excluding carboxylic acids is 2. The van der Waals surface area contributed by atoms with Crippen LogP contribution < -0.4 is 10.9 Å². The lowest BCUT2D eigenvalue weighted by molar-refractivity contribution is -0.402. The molecule has 0 bridgehead atoms. The molecule has 0 aliphatic heterocycles. The Labute approximate surface area is 128 Å². The lowest BCUT2D eigenvalue weighted by atomic mass is 10.2. The molecule has 2 heterocycles. The molecule has 9 heteroatoms. The Morgan fingerprint density at radius 3 is 2.52 bits per heavy atom. The fourth-order valence-corrected chi connectivity index (χ4v) is 1.99. The number of fused-ring (bicyclic) bond motifs is 1. The number of para-hydroxylation sites is 1. The second-order valence-electron chi connectivity index (χ2n) is 4.57. The molecule has 2 aromatic heterocycles. The van der Waals surface area contributed by atoms with Crippen LogP contribution in [0.1, 0.15) is 21.0 Å². The monoisotopic (exact) mass is 314 g/mol. The van der Waals surface area contributed by atoms with Gasteiger partial charge in [0.25, 0.3) is 5.91 Å². The quantitative estimate of drug-likeness (QED) is 0.500. The summed E-state index contributed by atoms with van der Waals surface area (Å²) in [5.41, 5.74) is 5.36. The number of aromatic amines is 1. The Morgan fingerprint density at radius 2 is 1.83 bits per heavy atom. The summed E-state index contributed by atoms with van der Waals surface area (Å²) >= 11 is 0. The van der Waals surface area contributed by atoms with E-state index >= 15 is 0 Å². The fourth-order valence-electron chi connectivity index (χ4n) is 1.99. The molecule has 0 atom stereocenters. The van der Waals surface area contributed by atoms with E-state index in [1.165, 1.54) is 0 Å². The molecule has 3 aromatic rings. The molecule has 2 amide bonds. The predicted octanol–water partition coefficient (Wildman–Crippen LogP) is 1.74. The smallest absolute Gasteiger partial charge is 0.395 e. The molecule has 0 unspecified atom stereocenters. The van der Waals surface area contributed by atoms with Crippen molar-refractivity contribution < 1.29 is 18.9 Å². The summed E-state index contributed by atoms with van der Waals surface area (Å²) in [6.07, 6.45) is 0. The Hall–Kier alpha value is -3.62. The summed E-state index contributed by atoms with van der Waals surface area (Å²) in [6, 6.07) is 11.1. The minimum Gasteiger partial charge on any atom is -0.395 e. The maximum atomic E-state index is 12.0. The number of hydrogen-bond donors (Lipinski definition) is 3. The van der Waals surface area contributed by atoms with Crippen molar-refractivity contribution in [2.24, 2.45) is 0 Å². The average Bonchev–Trinajstić information content (AvgIpc) is 3.18. The number of furan rings is 1. The molecular formula is C14H10N4O5. The summed E-state index contributed by atoms with van der Waals surface area (Å²) in [5.74, 6) is -2.20. The van der Waals surface area contributed by atoms with Crippen molar-refractivity contribution in [2.75, 3.05) is 0 Å². The number of hydrogen-bond acceptors (Lipinski definition) is 5. The summed E-state index contributed by atoms with van der Waals surface area (Å²) < 4.78 is 4.72. The number of hydrazine groups is 1. The molecule has 1 aromatic carbocycles.